The fraction of sp³-hybridized carbons (Fsp3) is 0.364. The van der Waals surface area contributed by atoms with Crippen molar-refractivity contribution in [3.05, 3.63) is 63.5 Å². The smallest absolute Gasteiger partial charge is 0.256 e. The molecule has 5 heteroatoms. The maximum absolute atomic E-state index is 13.4. The molecular formula is C22H24N2O2S. The second-order valence-electron chi connectivity index (χ2n) is 7.22. The molecule has 0 bridgehead atoms. The second kappa shape index (κ2) is 7.79. The number of rotatable bonds is 5. The van der Waals surface area contributed by atoms with Gasteiger partial charge in [0.05, 0.1) is 29.4 Å². The number of ether oxygens (including phenoxy) is 1. The van der Waals surface area contributed by atoms with Crippen molar-refractivity contribution in [3.63, 3.8) is 0 Å². The van der Waals surface area contributed by atoms with Crippen LogP contribution < -0.4 is 0 Å². The number of amides is 1. The average molecular weight is 381 g/mol. The molecule has 0 N–H and O–H groups in total. The van der Waals surface area contributed by atoms with E-state index in [4.69, 9.17) is 4.74 Å². The molecule has 1 atom stereocenters. The van der Waals surface area contributed by atoms with E-state index in [-0.39, 0.29) is 12.0 Å². The Morgan fingerprint density at radius 3 is 2.93 bits per heavy atom. The zero-order chi connectivity index (χ0) is 18.8. The van der Waals surface area contributed by atoms with Gasteiger partial charge in [-0.05, 0) is 56.3 Å². The van der Waals surface area contributed by atoms with Crippen molar-refractivity contribution in [1.29, 1.82) is 0 Å². The first kappa shape index (κ1) is 18.1. The number of nitrogens with zero attached hydrogens (tertiary/aromatic N) is 2. The number of thiophene rings is 1. The number of hydrogen-bond acceptors (Lipinski definition) is 4. The number of pyridine rings is 1. The van der Waals surface area contributed by atoms with Gasteiger partial charge in [0.15, 0.2) is 0 Å². The average Bonchev–Trinajstić information content (AvgIpc) is 3.34. The molecule has 1 fully saturated rings. The first-order valence-corrected chi connectivity index (χ1v) is 10.3. The first-order valence-electron chi connectivity index (χ1n) is 9.41. The summed E-state index contributed by atoms with van der Waals surface area (Å²) in [5.41, 5.74) is 3.56. The van der Waals surface area contributed by atoms with E-state index >= 15 is 0 Å². The number of carbonyl (C=O) groups excluding carboxylic acids is 1. The summed E-state index contributed by atoms with van der Waals surface area (Å²) in [4.78, 5) is 21.2. The molecule has 140 valence electrons. The topological polar surface area (TPSA) is 42.4 Å². The Morgan fingerprint density at radius 1 is 1.30 bits per heavy atom. The normalized spacial score (nSPS) is 16.7. The molecule has 3 aromatic rings. The van der Waals surface area contributed by atoms with Crippen LogP contribution in [-0.2, 0) is 11.3 Å². The predicted molar refractivity (Wildman–Crippen MR) is 109 cm³/mol. The summed E-state index contributed by atoms with van der Waals surface area (Å²) >= 11 is 1.68. The van der Waals surface area contributed by atoms with E-state index in [2.05, 4.69) is 35.5 Å². The minimum atomic E-state index is 0.0345. The summed E-state index contributed by atoms with van der Waals surface area (Å²) in [5.74, 6) is 0.0345. The maximum atomic E-state index is 13.4. The largest absolute Gasteiger partial charge is 0.376 e. The molecular weight excluding hydrogens is 356 g/mol. The number of aromatic nitrogens is 1. The Kier molecular flexibility index (Phi) is 5.23. The van der Waals surface area contributed by atoms with E-state index in [0.29, 0.717) is 18.7 Å². The van der Waals surface area contributed by atoms with Gasteiger partial charge >= 0.3 is 0 Å². The van der Waals surface area contributed by atoms with Gasteiger partial charge in [-0.3, -0.25) is 9.78 Å². The van der Waals surface area contributed by atoms with Gasteiger partial charge in [-0.1, -0.05) is 17.7 Å². The van der Waals surface area contributed by atoms with Gasteiger partial charge in [0.2, 0.25) is 0 Å². The molecule has 1 saturated heterocycles. The Hall–Kier alpha value is -2.24. The number of aryl methyl sites for hydroxylation is 2. The van der Waals surface area contributed by atoms with Crippen molar-refractivity contribution in [2.45, 2.75) is 39.3 Å². The highest BCUT2D eigenvalue weighted by molar-refractivity contribution is 7.09. The van der Waals surface area contributed by atoms with Crippen LogP contribution in [0.2, 0.25) is 0 Å². The van der Waals surface area contributed by atoms with Crippen molar-refractivity contribution in [3.8, 4) is 0 Å². The van der Waals surface area contributed by atoms with Gasteiger partial charge in [-0.15, -0.1) is 11.3 Å². The van der Waals surface area contributed by atoms with Crippen molar-refractivity contribution >= 4 is 28.1 Å². The molecule has 4 rings (SSSR count). The lowest BCUT2D eigenvalue weighted by atomic mass is 10.1. The summed E-state index contributed by atoms with van der Waals surface area (Å²) in [6, 6.07) is 12.3. The molecule has 1 amide bonds. The fourth-order valence-electron chi connectivity index (χ4n) is 3.62. The van der Waals surface area contributed by atoms with E-state index in [1.165, 1.54) is 10.4 Å². The molecule has 1 aromatic carbocycles. The van der Waals surface area contributed by atoms with Crippen LogP contribution in [0.3, 0.4) is 0 Å². The zero-order valence-corrected chi connectivity index (χ0v) is 16.6. The number of carbonyl (C=O) groups is 1. The third-order valence-corrected chi connectivity index (χ3v) is 5.91. The van der Waals surface area contributed by atoms with Crippen LogP contribution in [-0.4, -0.2) is 35.0 Å². The van der Waals surface area contributed by atoms with E-state index in [9.17, 15) is 4.79 Å². The van der Waals surface area contributed by atoms with Crippen LogP contribution in [0.25, 0.3) is 10.9 Å². The molecule has 0 saturated carbocycles. The van der Waals surface area contributed by atoms with E-state index < -0.39 is 0 Å². The fourth-order valence-corrected chi connectivity index (χ4v) is 4.34. The van der Waals surface area contributed by atoms with Gasteiger partial charge in [-0.2, -0.15) is 0 Å². The number of hydrogen-bond donors (Lipinski definition) is 0. The number of benzene rings is 1. The molecule has 3 heterocycles. The van der Waals surface area contributed by atoms with Gasteiger partial charge in [0, 0.05) is 23.4 Å². The molecule has 27 heavy (non-hydrogen) atoms. The maximum Gasteiger partial charge on any atom is 0.256 e. The Balaban J connectivity index is 1.66. The third-order valence-electron chi connectivity index (χ3n) is 5.05. The van der Waals surface area contributed by atoms with Crippen molar-refractivity contribution in [1.82, 2.24) is 9.88 Å². The summed E-state index contributed by atoms with van der Waals surface area (Å²) in [7, 11) is 0. The van der Waals surface area contributed by atoms with E-state index in [1.807, 2.05) is 30.0 Å². The standard InChI is InChI=1S/C22H24N2O2S/c1-15-7-8-21-17(11-15)12-20(16(2)23-21)22(25)24(13-18-5-3-9-26-18)14-19-6-4-10-27-19/h4,6-8,10-12,18H,3,5,9,13-14H2,1-2H3. The van der Waals surface area contributed by atoms with Gasteiger partial charge in [-0.25, -0.2) is 0 Å². The van der Waals surface area contributed by atoms with Gasteiger partial charge in [0.25, 0.3) is 5.91 Å². The van der Waals surface area contributed by atoms with Crippen LogP contribution in [0.5, 0.6) is 0 Å². The van der Waals surface area contributed by atoms with Gasteiger partial charge < -0.3 is 9.64 Å². The lowest BCUT2D eigenvalue weighted by Gasteiger charge is -2.26. The molecule has 1 unspecified atom stereocenters. The molecule has 1 aliphatic heterocycles. The van der Waals surface area contributed by atoms with Crippen LogP contribution in [0.1, 0.15) is 39.3 Å². The highest BCUT2D eigenvalue weighted by Crippen LogP contribution is 2.23. The summed E-state index contributed by atoms with van der Waals surface area (Å²) < 4.78 is 5.80. The van der Waals surface area contributed by atoms with Crippen LogP contribution in [0.4, 0.5) is 0 Å². The third kappa shape index (κ3) is 4.04. The monoisotopic (exact) mass is 380 g/mol. The Bertz CT molecular complexity index is 946. The quantitative estimate of drug-likeness (QED) is 0.642. The molecule has 0 radical (unpaired) electrons. The molecule has 1 aliphatic rings. The zero-order valence-electron chi connectivity index (χ0n) is 15.8. The summed E-state index contributed by atoms with van der Waals surface area (Å²) in [6.07, 6.45) is 2.22. The predicted octanol–water partition coefficient (Wildman–Crippen LogP) is 4.73. The van der Waals surface area contributed by atoms with E-state index in [1.54, 1.807) is 11.3 Å². The Morgan fingerprint density at radius 2 is 2.19 bits per heavy atom. The SMILES string of the molecule is Cc1ccc2nc(C)c(C(=O)N(Cc3cccs3)CC3CCCO3)cc2c1. The van der Waals surface area contributed by atoms with Crippen LogP contribution in [0.15, 0.2) is 41.8 Å². The van der Waals surface area contributed by atoms with Crippen LogP contribution >= 0.6 is 11.3 Å². The molecule has 4 nitrogen and oxygen atoms in total. The second-order valence-corrected chi connectivity index (χ2v) is 8.25. The van der Waals surface area contributed by atoms with Crippen LogP contribution in [0, 0.1) is 13.8 Å². The summed E-state index contributed by atoms with van der Waals surface area (Å²) in [6.45, 7) is 6.01. The molecule has 0 aliphatic carbocycles. The Labute approximate surface area is 163 Å². The van der Waals surface area contributed by atoms with Crippen molar-refractivity contribution < 1.29 is 9.53 Å². The molecule has 0 spiro atoms. The lowest BCUT2D eigenvalue weighted by Crippen LogP contribution is -2.37. The highest BCUT2D eigenvalue weighted by atomic mass is 32.1. The van der Waals surface area contributed by atoms with Crippen molar-refractivity contribution in [2.24, 2.45) is 0 Å². The lowest BCUT2D eigenvalue weighted by molar-refractivity contribution is 0.0509. The van der Waals surface area contributed by atoms with E-state index in [0.717, 1.165) is 36.0 Å². The minimum Gasteiger partial charge on any atom is -0.376 e. The summed E-state index contributed by atoms with van der Waals surface area (Å²) in [5, 5.41) is 3.06. The van der Waals surface area contributed by atoms with Gasteiger partial charge in [0.1, 0.15) is 0 Å². The molecule has 2 aromatic heterocycles. The highest BCUT2D eigenvalue weighted by Gasteiger charge is 2.25. The first-order chi connectivity index (χ1) is 13.1. The number of fused-ring (bicyclic) bond motifs is 1. The van der Waals surface area contributed by atoms with Crippen molar-refractivity contribution in [2.75, 3.05) is 13.2 Å². The minimum absolute atomic E-state index is 0.0345.